The molecular weight excluding hydrogens is 240 g/mol. The molecule has 0 radical (unpaired) electrons. The molecule has 0 bridgehead atoms. The zero-order valence-corrected chi connectivity index (χ0v) is 12.9. The van der Waals surface area contributed by atoms with Crippen molar-refractivity contribution in [3.05, 3.63) is 34.9 Å². The summed E-state index contributed by atoms with van der Waals surface area (Å²) in [5.74, 6) is 2.04. The summed E-state index contributed by atoms with van der Waals surface area (Å²) < 4.78 is 0. The summed E-state index contributed by atoms with van der Waals surface area (Å²) in [4.78, 5) is 12.4. The fraction of sp³-hybridized carbons (Fsp3) is 0.562. The number of carbonyl (C=O) groups is 1. The van der Waals surface area contributed by atoms with Crippen molar-refractivity contribution in [2.75, 3.05) is 5.75 Å². The maximum Gasteiger partial charge on any atom is 0.175 e. The monoisotopic (exact) mass is 264 g/mol. The quantitative estimate of drug-likeness (QED) is 0.695. The molecule has 100 valence electrons. The Hall–Kier alpha value is -0.760. The van der Waals surface area contributed by atoms with Gasteiger partial charge in [-0.05, 0) is 50.5 Å². The van der Waals surface area contributed by atoms with Gasteiger partial charge in [0.15, 0.2) is 5.78 Å². The van der Waals surface area contributed by atoms with Crippen molar-refractivity contribution in [1.82, 2.24) is 0 Å². The Morgan fingerprint density at radius 3 is 2.50 bits per heavy atom. The Labute approximate surface area is 115 Å². The van der Waals surface area contributed by atoms with Gasteiger partial charge in [0.25, 0.3) is 0 Å². The Bertz CT molecular complexity index is 410. The molecule has 0 aliphatic rings. The second-order valence-electron chi connectivity index (χ2n) is 5.38. The van der Waals surface area contributed by atoms with Crippen molar-refractivity contribution >= 4 is 17.5 Å². The van der Waals surface area contributed by atoms with E-state index in [1.54, 1.807) is 11.8 Å². The van der Waals surface area contributed by atoms with Gasteiger partial charge in [-0.2, -0.15) is 11.8 Å². The normalized spacial score (nSPS) is 12.8. The minimum Gasteiger partial charge on any atom is -0.293 e. The minimum absolute atomic E-state index is 0.0595. The summed E-state index contributed by atoms with van der Waals surface area (Å²) >= 11 is 1.77. The van der Waals surface area contributed by atoms with E-state index < -0.39 is 0 Å². The average Bonchev–Trinajstić information content (AvgIpc) is 2.30. The molecular formula is C16H24OS. The summed E-state index contributed by atoms with van der Waals surface area (Å²) in [6.45, 7) is 10.5. The van der Waals surface area contributed by atoms with Gasteiger partial charge in [0, 0.05) is 5.56 Å². The average molecular weight is 264 g/mol. The number of ketones is 1. The molecule has 0 N–H and O–H groups in total. The summed E-state index contributed by atoms with van der Waals surface area (Å²) in [5, 5.41) is 0.0595. The van der Waals surface area contributed by atoms with Gasteiger partial charge in [-0.25, -0.2) is 0 Å². The highest BCUT2D eigenvalue weighted by Crippen LogP contribution is 2.21. The number of aryl methyl sites for hydroxylation is 2. The van der Waals surface area contributed by atoms with Crippen LogP contribution in [0.4, 0.5) is 0 Å². The third-order valence-electron chi connectivity index (χ3n) is 3.09. The van der Waals surface area contributed by atoms with Crippen LogP contribution in [0.2, 0.25) is 0 Å². The van der Waals surface area contributed by atoms with E-state index in [0.29, 0.717) is 5.92 Å². The Morgan fingerprint density at radius 1 is 1.22 bits per heavy atom. The second-order valence-corrected chi connectivity index (χ2v) is 6.83. The Kier molecular flexibility index (Phi) is 5.94. The van der Waals surface area contributed by atoms with Crippen LogP contribution < -0.4 is 0 Å². The van der Waals surface area contributed by atoms with Gasteiger partial charge in [-0.15, -0.1) is 0 Å². The fourth-order valence-electron chi connectivity index (χ4n) is 1.78. The molecule has 0 spiro atoms. The second kappa shape index (κ2) is 6.98. The highest BCUT2D eigenvalue weighted by atomic mass is 32.2. The van der Waals surface area contributed by atoms with Gasteiger partial charge in [0.1, 0.15) is 0 Å². The van der Waals surface area contributed by atoms with E-state index in [2.05, 4.69) is 19.9 Å². The zero-order chi connectivity index (χ0) is 13.7. The standard InChI is InChI=1S/C16H24OS/c1-11(2)8-9-18-14(5)16(17)15-10-12(3)6-7-13(15)4/h6-7,10-11,14H,8-9H2,1-5H3. The summed E-state index contributed by atoms with van der Waals surface area (Å²) in [7, 11) is 0. The molecule has 18 heavy (non-hydrogen) atoms. The number of carbonyl (C=O) groups excluding carboxylic acids is 1. The minimum atomic E-state index is 0.0595. The van der Waals surface area contributed by atoms with E-state index in [9.17, 15) is 4.79 Å². The first-order chi connectivity index (χ1) is 8.41. The van der Waals surface area contributed by atoms with Crippen LogP contribution in [0, 0.1) is 19.8 Å². The molecule has 1 unspecified atom stereocenters. The van der Waals surface area contributed by atoms with Crippen LogP contribution in [-0.2, 0) is 0 Å². The third kappa shape index (κ3) is 4.49. The molecule has 1 aromatic carbocycles. The number of thioether (sulfide) groups is 1. The molecule has 0 saturated carbocycles. The van der Waals surface area contributed by atoms with Gasteiger partial charge >= 0.3 is 0 Å². The van der Waals surface area contributed by atoms with Gasteiger partial charge in [0.05, 0.1) is 5.25 Å². The molecule has 1 atom stereocenters. The lowest BCUT2D eigenvalue weighted by atomic mass is 10.0. The molecule has 1 nitrogen and oxygen atoms in total. The molecule has 2 heteroatoms. The van der Waals surface area contributed by atoms with Crippen LogP contribution >= 0.6 is 11.8 Å². The van der Waals surface area contributed by atoms with Crippen molar-refractivity contribution in [3.63, 3.8) is 0 Å². The van der Waals surface area contributed by atoms with Gasteiger partial charge in [-0.1, -0.05) is 31.5 Å². The van der Waals surface area contributed by atoms with Crippen molar-refractivity contribution in [1.29, 1.82) is 0 Å². The lowest BCUT2D eigenvalue weighted by molar-refractivity contribution is 0.0993. The van der Waals surface area contributed by atoms with Crippen LogP contribution in [-0.4, -0.2) is 16.8 Å². The first-order valence-corrected chi connectivity index (χ1v) is 7.69. The van der Waals surface area contributed by atoms with E-state index in [0.717, 1.165) is 22.4 Å². The van der Waals surface area contributed by atoms with E-state index in [4.69, 9.17) is 0 Å². The summed E-state index contributed by atoms with van der Waals surface area (Å²) in [6.07, 6.45) is 1.18. The van der Waals surface area contributed by atoms with Gasteiger partial charge < -0.3 is 0 Å². The lowest BCUT2D eigenvalue weighted by Gasteiger charge is -2.13. The van der Waals surface area contributed by atoms with Crippen molar-refractivity contribution in [2.45, 2.75) is 46.3 Å². The molecule has 0 amide bonds. The first kappa shape index (κ1) is 15.3. The van der Waals surface area contributed by atoms with Gasteiger partial charge in [0.2, 0.25) is 0 Å². The van der Waals surface area contributed by atoms with E-state index in [1.807, 2.05) is 32.9 Å². The topological polar surface area (TPSA) is 17.1 Å². The number of hydrogen-bond donors (Lipinski definition) is 0. The lowest BCUT2D eigenvalue weighted by Crippen LogP contribution is -2.16. The SMILES string of the molecule is Cc1ccc(C)c(C(=O)C(C)SCCC(C)C)c1. The van der Waals surface area contributed by atoms with E-state index >= 15 is 0 Å². The smallest absolute Gasteiger partial charge is 0.175 e. The highest BCUT2D eigenvalue weighted by Gasteiger charge is 2.17. The fourth-order valence-corrected chi connectivity index (χ4v) is 3.02. The Balaban J connectivity index is 2.65. The summed E-state index contributed by atoms with van der Waals surface area (Å²) in [6, 6.07) is 6.11. The van der Waals surface area contributed by atoms with E-state index in [-0.39, 0.29) is 11.0 Å². The molecule has 0 aliphatic heterocycles. The van der Waals surface area contributed by atoms with Crippen molar-refractivity contribution < 1.29 is 4.79 Å². The van der Waals surface area contributed by atoms with E-state index in [1.165, 1.54) is 6.42 Å². The Morgan fingerprint density at radius 2 is 1.89 bits per heavy atom. The molecule has 0 heterocycles. The predicted molar refractivity (Wildman–Crippen MR) is 81.6 cm³/mol. The van der Waals surface area contributed by atoms with Crippen molar-refractivity contribution in [3.8, 4) is 0 Å². The first-order valence-electron chi connectivity index (χ1n) is 6.65. The molecule has 0 aromatic heterocycles. The number of benzene rings is 1. The molecule has 1 aromatic rings. The van der Waals surface area contributed by atoms with Crippen LogP contribution in [0.5, 0.6) is 0 Å². The maximum absolute atomic E-state index is 12.4. The number of rotatable bonds is 6. The van der Waals surface area contributed by atoms with Crippen LogP contribution in [0.1, 0.15) is 48.7 Å². The highest BCUT2D eigenvalue weighted by molar-refractivity contribution is 8.00. The zero-order valence-electron chi connectivity index (χ0n) is 12.1. The van der Waals surface area contributed by atoms with Gasteiger partial charge in [-0.3, -0.25) is 4.79 Å². The van der Waals surface area contributed by atoms with Crippen molar-refractivity contribution in [2.24, 2.45) is 5.92 Å². The van der Waals surface area contributed by atoms with Crippen LogP contribution in [0.25, 0.3) is 0 Å². The van der Waals surface area contributed by atoms with Crippen LogP contribution in [0.3, 0.4) is 0 Å². The maximum atomic E-state index is 12.4. The number of hydrogen-bond acceptors (Lipinski definition) is 2. The summed E-state index contributed by atoms with van der Waals surface area (Å²) in [5.41, 5.74) is 3.13. The number of Topliss-reactive ketones (excluding diaryl/α,β-unsaturated/α-hetero) is 1. The molecule has 0 aliphatic carbocycles. The third-order valence-corrected chi connectivity index (χ3v) is 4.28. The molecule has 0 fully saturated rings. The molecule has 1 rings (SSSR count). The largest absolute Gasteiger partial charge is 0.293 e. The van der Waals surface area contributed by atoms with Crippen LogP contribution in [0.15, 0.2) is 18.2 Å². The predicted octanol–water partition coefficient (Wildman–Crippen LogP) is 4.65. The molecule has 0 saturated heterocycles.